The maximum Gasteiger partial charge on any atom is 0.0302 e. The van der Waals surface area contributed by atoms with Gasteiger partial charge in [0.2, 0.25) is 0 Å². The Balaban J connectivity index is 2.44. The first kappa shape index (κ1) is 12.3. The maximum absolute atomic E-state index is 5.20. The first-order valence-electron chi connectivity index (χ1n) is 5.17. The molecule has 0 amide bonds. The monoisotopic (exact) mass is 265 g/mol. The zero-order valence-electron chi connectivity index (χ0n) is 8.96. The van der Waals surface area contributed by atoms with Crippen molar-refractivity contribution < 1.29 is 0 Å². The van der Waals surface area contributed by atoms with Crippen LogP contribution >= 0.6 is 15.9 Å². The predicted octanol–water partition coefficient (Wildman–Crippen LogP) is 3.51. The smallest absolute Gasteiger partial charge is 0.0302 e. The van der Waals surface area contributed by atoms with Crippen LogP contribution in [0.1, 0.15) is 31.4 Å². The Morgan fingerprint density at radius 2 is 2.20 bits per heavy atom. The maximum atomic E-state index is 5.20. The summed E-state index contributed by atoms with van der Waals surface area (Å²) in [6.45, 7) is 3.13. The average Bonchev–Trinajstić information content (AvgIpc) is 2.25. The van der Waals surface area contributed by atoms with Gasteiger partial charge in [0.25, 0.3) is 0 Å². The Morgan fingerprint density at radius 1 is 1.47 bits per heavy atom. The van der Waals surface area contributed by atoms with E-state index in [0.717, 1.165) is 23.9 Å². The number of halogens is 1. The lowest BCUT2D eigenvalue weighted by Gasteiger charge is -2.15. The van der Waals surface area contributed by atoms with E-state index in [9.17, 15) is 0 Å². The summed E-state index contributed by atoms with van der Waals surface area (Å²) in [5.41, 5.74) is 1.29. The highest BCUT2D eigenvalue weighted by molar-refractivity contribution is 9.10. The van der Waals surface area contributed by atoms with Gasteiger partial charge < -0.3 is 5.32 Å². The zero-order valence-corrected chi connectivity index (χ0v) is 10.5. The molecular formula is C13H16BrN. The number of unbranched alkanes of at least 4 members (excludes halogenated alkanes) is 1. The summed E-state index contributed by atoms with van der Waals surface area (Å²) in [5, 5.41) is 3.45. The molecular weight excluding hydrogens is 250 g/mol. The molecule has 2 heteroatoms. The molecule has 0 unspecified atom stereocenters. The Bertz CT molecular complexity index is 341. The van der Waals surface area contributed by atoms with E-state index >= 15 is 0 Å². The number of terminal acetylenes is 1. The topological polar surface area (TPSA) is 12.0 Å². The van der Waals surface area contributed by atoms with E-state index in [1.165, 1.54) is 5.56 Å². The van der Waals surface area contributed by atoms with Crippen LogP contribution in [-0.4, -0.2) is 6.54 Å². The van der Waals surface area contributed by atoms with Crippen molar-refractivity contribution >= 4 is 15.9 Å². The largest absolute Gasteiger partial charge is 0.310 e. The van der Waals surface area contributed by atoms with Gasteiger partial charge in [-0.1, -0.05) is 34.1 Å². The molecule has 0 aromatic heterocycles. The third kappa shape index (κ3) is 4.07. The highest BCUT2D eigenvalue weighted by Gasteiger charge is 2.06. The van der Waals surface area contributed by atoms with Gasteiger partial charge in [-0.15, -0.1) is 12.3 Å². The van der Waals surface area contributed by atoms with Crippen molar-refractivity contribution in [2.75, 3.05) is 6.54 Å². The first-order valence-corrected chi connectivity index (χ1v) is 5.96. The van der Waals surface area contributed by atoms with E-state index in [-0.39, 0.29) is 0 Å². The van der Waals surface area contributed by atoms with Gasteiger partial charge in [-0.3, -0.25) is 0 Å². The second-order valence-corrected chi connectivity index (χ2v) is 4.36. The molecule has 1 rings (SSSR count). The first-order chi connectivity index (χ1) is 7.25. The SMILES string of the molecule is C#CCCCN[C@@H](C)c1ccccc1Br. The van der Waals surface area contributed by atoms with Crippen LogP contribution in [0.4, 0.5) is 0 Å². The van der Waals surface area contributed by atoms with Crippen LogP contribution in [0.5, 0.6) is 0 Å². The summed E-state index contributed by atoms with van der Waals surface area (Å²) in [6.07, 6.45) is 7.07. The van der Waals surface area contributed by atoms with Crippen molar-refractivity contribution in [3.05, 3.63) is 34.3 Å². The van der Waals surface area contributed by atoms with Crippen LogP contribution in [0.25, 0.3) is 0 Å². The second kappa shape index (κ2) is 6.66. The van der Waals surface area contributed by atoms with Gasteiger partial charge in [0.15, 0.2) is 0 Å². The molecule has 0 fully saturated rings. The van der Waals surface area contributed by atoms with Gasteiger partial charge in [-0.05, 0) is 31.5 Å². The standard InChI is InChI=1S/C13H16BrN/c1-3-4-7-10-15-11(2)12-8-5-6-9-13(12)14/h1,5-6,8-9,11,15H,4,7,10H2,2H3/t11-/m0/s1. The molecule has 1 N–H and O–H groups in total. The summed E-state index contributed by atoms with van der Waals surface area (Å²) in [4.78, 5) is 0. The molecule has 0 saturated heterocycles. The van der Waals surface area contributed by atoms with Crippen molar-refractivity contribution in [2.24, 2.45) is 0 Å². The number of rotatable bonds is 5. The third-order valence-corrected chi connectivity index (χ3v) is 3.04. The lowest BCUT2D eigenvalue weighted by Crippen LogP contribution is -2.20. The fraction of sp³-hybridized carbons (Fsp3) is 0.385. The quantitative estimate of drug-likeness (QED) is 0.635. The van der Waals surface area contributed by atoms with Crippen molar-refractivity contribution in [1.29, 1.82) is 0 Å². The number of hydrogen-bond donors (Lipinski definition) is 1. The minimum atomic E-state index is 0.360. The molecule has 0 bridgehead atoms. The molecule has 15 heavy (non-hydrogen) atoms. The highest BCUT2D eigenvalue weighted by atomic mass is 79.9. The summed E-state index contributed by atoms with van der Waals surface area (Å²) in [7, 11) is 0. The Hall–Kier alpha value is -0.780. The van der Waals surface area contributed by atoms with Crippen molar-refractivity contribution in [1.82, 2.24) is 5.32 Å². The number of hydrogen-bond acceptors (Lipinski definition) is 1. The van der Waals surface area contributed by atoms with Gasteiger partial charge in [0, 0.05) is 16.9 Å². The van der Waals surface area contributed by atoms with Crippen LogP contribution in [-0.2, 0) is 0 Å². The molecule has 0 saturated carbocycles. The predicted molar refractivity (Wildman–Crippen MR) is 68.6 cm³/mol. The average molecular weight is 266 g/mol. The second-order valence-electron chi connectivity index (χ2n) is 3.51. The van der Waals surface area contributed by atoms with E-state index < -0.39 is 0 Å². The van der Waals surface area contributed by atoms with E-state index in [1.807, 2.05) is 6.07 Å². The molecule has 0 radical (unpaired) electrons. The van der Waals surface area contributed by atoms with Crippen molar-refractivity contribution in [3.63, 3.8) is 0 Å². The third-order valence-electron chi connectivity index (χ3n) is 2.32. The Labute approximate surface area is 100 Å². The van der Waals surface area contributed by atoms with Crippen LogP contribution in [0.3, 0.4) is 0 Å². The summed E-state index contributed by atoms with van der Waals surface area (Å²) < 4.78 is 1.15. The molecule has 0 aliphatic heterocycles. The molecule has 1 nitrogen and oxygen atoms in total. The van der Waals surface area contributed by atoms with Gasteiger partial charge in [-0.25, -0.2) is 0 Å². The zero-order chi connectivity index (χ0) is 11.1. The van der Waals surface area contributed by atoms with Crippen LogP contribution in [0.15, 0.2) is 28.7 Å². The van der Waals surface area contributed by atoms with Crippen molar-refractivity contribution in [2.45, 2.75) is 25.8 Å². The van der Waals surface area contributed by atoms with E-state index in [1.54, 1.807) is 0 Å². The lowest BCUT2D eigenvalue weighted by molar-refractivity contribution is 0.561. The van der Waals surface area contributed by atoms with E-state index in [0.29, 0.717) is 6.04 Å². The minimum Gasteiger partial charge on any atom is -0.310 e. The summed E-state index contributed by atoms with van der Waals surface area (Å²) in [5.74, 6) is 2.64. The molecule has 80 valence electrons. The lowest BCUT2D eigenvalue weighted by atomic mass is 10.1. The summed E-state index contributed by atoms with van der Waals surface area (Å²) in [6, 6.07) is 8.63. The molecule has 0 aliphatic carbocycles. The fourth-order valence-electron chi connectivity index (χ4n) is 1.45. The fourth-order valence-corrected chi connectivity index (χ4v) is 2.07. The highest BCUT2D eigenvalue weighted by Crippen LogP contribution is 2.22. The molecule has 1 atom stereocenters. The molecule has 0 heterocycles. The summed E-state index contributed by atoms with van der Waals surface area (Å²) >= 11 is 3.55. The van der Waals surface area contributed by atoms with Crippen molar-refractivity contribution in [3.8, 4) is 12.3 Å². The van der Waals surface area contributed by atoms with Crippen LogP contribution in [0.2, 0.25) is 0 Å². The Kier molecular flexibility index (Phi) is 5.45. The van der Waals surface area contributed by atoms with Gasteiger partial charge in [0.05, 0.1) is 0 Å². The molecule has 0 spiro atoms. The molecule has 1 aromatic carbocycles. The number of nitrogens with one attached hydrogen (secondary N) is 1. The normalized spacial score (nSPS) is 12.1. The number of benzene rings is 1. The van der Waals surface area contributed by atoms with Gasteiger partial charge in [0.1, 0.15) is 0 Å². The van der Waals surface area contributed by atoms with E-state index in [4.69, 9.17) is 6.42 Å². The molecule has 1 aromatic rings. The molecule has 0 aliphatic rings. The van der Waals surface area contributed by atoms with Gasteiger partial charge in [-0.2, -0.15) is 0 Å². The van der Waals surface area contributed by atoms with Gasteiger partial charge >= 0.3 is 0 Å². The minimum absolute atomic E-state index is 0.360. The van der Waals surface area contributed by atoms with Crippen LogP contribution < -0.4 is 5.32 Å². The van der Waals surface area contributed by atoms with E-state index in [2.05, 4.69) is 52.3 Å². The Morgan fingerprint density at radius 3 is 2.87 bits per heavy atom. The van der Waals surface area contributed by atoms with Crippen LogP contribution in [0, 0.1) is 12.3 Å².